The summed E-state index contributed by atoms with van der Waals surface area (Å²) in [6.45, 7) is 4.74. The summed E-state index contributed by atoms with van der Waals surface area (Å²) in [6.07, 6.45) is 7.35. The smallest absolute Gasteiger partial charge is 0.306 e. The van der Waals surface area contributed by atoms with E-state index in [2.05, 4.69) is 26.7 Å². The van der Waals surface area contributed by atoms with Crippen molar-refractivity contribution < 1.29 is 0 Å². The molecule has 68 valence electrons. The highest BCUT2D eigenvalue weighted by molar-refractivity contribution is 9.23. The van der Waals surface area contributed by atoms with E-state index in [9.17, 15) is 0 Å². The summed E-state index contributed by atoms with van der Waals surface area (Å²) < 4.78 is 1.11. The van der Waals surface area contributed by atoms with Gasteiger partial charge in [-0.15, -0.1) is 4.05 Å². The quantitative estimate of drug-likeness (QED) is 0.657. The van der Waals surface area contributed by atoms with Crippen molar-refractivity contribution in [1.29, 1.82) is 0 Å². The van der Waals surface area contributed by atoms with E-state index in [-0.39, 0.29) is 18.2 Å². The molecule has 0 amide bonds. The van der Waals surface area contributed by atoms with E-state index < -0.39 is 0 Å². The number of halogens is 1. The van der Waals surface area contributed by atoms with Crippen molar-refractivity contribution in [3.8, 4) is 0 Å². The van der Waals surface area contributed by atoms with Crippen molar-refractivity contribution in [1.82, 2.24) is 0 Å². The zero-order valence-electron chi connectivity index (χ0n) is 8.35. The Bertz CT molecular complexity index is 115. The van der Waals surface area contributed by atoms with Gasteiger partial charge in [0, 0.05) is 0 Å². The third kappa shape index (κ3) is 2.62. The van der Waals surface area contributed by atoms with Gasteiger partial charge in [0.25, 0.3) is 0 Å². The zero-order valence-corrected chi connectivity index (χ0v) is 11.4. The molecule has 0 saturated heterocycles. The topological polar surface area (TPSA) is 0 Å². The molecule has 2 unspecified atom stereocenters. The molecule has 1 saturated carbocycles. The minimum atomic E-state index is 0.0639. The highest BCUT2D eigenvalue weighted by Gasteiger charge is 2.30. The second-order valence-corrected chi connectivity index (χ2v) is 7.28. The first kappa shape index (κ1) is 11.3. The average molecular weight is 243 g/mol. The summed E-state index contributed by atoms with van der Waals surface area (Å²) in [6, 6.07) is 0. The molecule has 1 rings (SSSR count). The Morgan fingerprint density at radius 1 is 1.17 bits per heavy atom. The van der Waals surface area contributed by atoms with Gasteiger partial charge in [-0.2, -0.15) is 0 Å². The Balaban J connectivity index is 2.52. The van der Waals surface area contributed by atoms with Gasteiger partial charge in [0.05, 0.1) is 0 Å². The molecule has 0 bridgehead atoms. The lowest BCUT2D eigenvalue weighted by molar-refractivity contribution is 0.256. The fourth-order valence-corrected chi connectivity index (χ4v) is 7.54. The number of hydrogen-bond acceptors (Lipinski definition) is 0. The Hall–Kier alpha value is 1.25. The molecule has 1 aliphatic carbocycles. The van der Waals surface area contributed by atoms with Gasteiger partial charge in [0.1, 0.15) is 0 Å². The van der Waals surface area contributed by atoms with Crippen LogP contribution in [0.4, 0.5) is 0 Å². The maximum absolute atomic E-state index is 3.81. The molecule has 0 spiro atoms. The first-order valence-electron chi connectivity index (χ1n) is 5.39. The summed E-state index contributed by atoms with van der Waals surface area (Å²) in [7, 11) is 0. The molecular weight excluding hydrogens is 224 g/mol. The van der Waals surface area contributed by atoms with Crippen molar-refractivity contribution in [2.75, 3.05) is 0 Å². The van der Waals surface area contributed by atoms with Crippen LogP contribution < -0.4 is 0 Å². The average Bonchev–Trinajstić information content (AvgIpc) is 2.16. The molecule has 2 atom stereocenters. The molecule has 0 nitrogen and oxygen atoms in total. The second-order valence-electron chi connectivity index (χ2n) is 4.09. The monoisotopic (exact) mass is 242 g/mol. The van der Waals surface area contributed by atoms with Gasteiger partial charge in [-0.1, -0.05) is 57.8 Å². The molecule has 1 fully saturated rings. The zero-order chi connectivity index (χ0) is 8.97. The van der Waals surface area contributed by atoms with Crippen LogP contribution in [-0.4, -0.2) is 18.2 Å². The molecule has 0 heterocycles. The predicted octanol–water partition coefficient (Wildman–Crippen LogP) is 4.03. The Morgan fingerprint density at radius 3 is 2.00 bits per heavy atom. The third-order valence-corrected chi connectivity index (χ3v) is 7.52. The van der Waals surface area contributed by atoms with Gasteiger partial charge in [0.15, 0.2) is 0 Å². The summed E-state index contributed by atoms with van der Waals surface area (Å²) in [4.78, 5) is 0. The van der Waals surface area contributed by atoms with Gasteiger partial charge in [0.2, 0.25) is 0 Å². The second kappa shape index (κ2) is 5.87. The maximum Gasteiger partial charge on any atom is 0.472 e. The van der Waals surface area contributed by atoms with Crippen molar-refractivity contribution >= 4 is 31.1 Å². The fourth-order valence-electron chi connectivity index (χ4n) is 2.72. The van der Waals surface area contributed by atoms with Crippen LogP contribution in [0.5, 0.6) is 0 Å². The lowest BCUT2D eigenvalue weighted by Crippen LogP contribution is -2.25. The van der Waals surface area contributed by atoms with Gasteiger partial charge in [-0.25, -0.2) is 0 Å². The van der Waals surface area contributed by atoms with Gasteiger partial charge in [-0.3, -0.25) is 0 Å². The van der Waals surface area contributed by atoms with Crippen LogP contribution in [0.15, 0.2) is 0 Å². The molecule has 0 N–H and O–H groups in total. The largest absolute Gasteiger partial charge is 0.472 e. The van der Waals surface area contributed by atoms with Crippen LogP contribution in [-0.2, 0) is 0 Å². The van der Waals surface area contributed by atoms with Crippen molar-refractivity contribution in [2.24, 2.45) is 11.8 Å². The van der Waals surface area contributed by atoms with E-state index in [0.717, 1.165) is 15.9 Å². The normalized spacial score (nSPS) is 36.1. The van der Waals surface area contributed by atoms with E-state index in [1.54, 1.807) is 0 Å². The van der Waals surface area contributed by atoms with Crippen LogP contribution in [0.25, 0.3) is 0 Å². The maximum atomic E-state index is 3.81. The Morgan fingerprint density at radius 2 is 1.67 bits per heavy atom. The number of rotatable bonds is 3. The lowest BCUT2D eigenvalue weighted by atomic mass is 9.78. The molecular formula is C10H19BrMg. The summed E-state index contributed by atoms with van der Waals surface area (Å²) in [5, 5.41) is 0. The Kier molecular flexibility index (Phi) is 5.54. The van der Waals surface area contributed by atoms with Crippen LogP contribution in [0.1, 0.15) is 46.0 Å². The minimum absolute atomic E-state index is 0.0639. The van der Waals surface area contributed by atoms with E-state index in [1.807, 2.05) is 0 Å². The molecule has 1 aliphatic rings. The molecule has 0 aromatic carbocycles. The SMILES string of the molecule is CCC1CCCC(CC)[CH]1[Mg][Br]. The van der Waals surface area contributed by atoms with Crippen molar-refractivity contribution in [3.05, 3.63) is 0 Å². The van der Waals surface area contributed by atoms with Crippen LogP contribution >= 0.6 is 12.9 Å². The Labute approximate surface area is 92.5 Å². The van der Waals surface area contributed by atoms with E-state index in [0.29, 0.717) is 0 Å². The first-order chi connectivity index (χ1) is 5.83. The molecule has 0 aromatic rings. The molecule has 0 aromatic heterocycles. The van der Waals surface area contributed by atoms with Gasteiger partial charge >= 0.3 is 18.2 Å². The third-order valence-electron chi connectivity index (χ3n) is 3.59. The molecule has 0 radical (unpaired) electrons. The summed E-state index contributed by atoms with van der Waals surface area (Å²) in [5.74, 6) is 2.13. The van der Waals surface area contributed by atoms with E-state index in [1.165, 1.54) is 32.1 Å². The first-order valence-corrected chi connectivity index (χ1v) is 10.1. The summed E-state index contributed by atoms with van der Waals surface area (Å²) in [5.41, 5.74) is 0. The van der Waals surface area contributed by atoms with Crippen molar-refractivity contribution in [2.45, 2.75) is 50.0 Å². The predicted molar refractivity (Wildman–Crippen MR) is 59.8 cm³/mol. The van der Waals surface area contributed by atoms with Gasteiger partial charge < -0.3 is 12.9 Å². The van der Waals surface area contributed by atoms with Crippen molar-refractivity contribution in [3.63, 3.8) is 0 Å². The van der Waals surface area contributed by atoms with Crippen LogP contribution in [0, 0.1) is 11.8 Å². The highest BCUT2D eigenvalue weighted by Crippen LogP contribution is 2.42. The number of hydrogen-bond donors (Lipinski definition) is 0. The standard InChI is InChI=1S/C10H19.BrH.Mg/c1-3-9-6-5-7-10(4-2)8-9;;/h8-10H,3-7H2,1-2H3;1H;/q;;+1/p-1. The molecule has 12 heavy (non-hydrogen) atoms. The van der Waals surface area contributed by atoms with Crippen LogP contribution in [0.2, 0.25) is 4.05 Å². The lowest BCUT2D eigenvalue weighted by Gasteiger charge is -2.37. The molecule has 2 heteroatoms. The highest BCUT2D eigenvalue weighted by atomic mass is 79.9. The van der Waals surface area contributed by atoms with E-state index >= 15 is 0 Å². The summed E-state index contributed by atoms with van der Waals surface area (Å²) >= 11 is 3.88. The minimum Gasteiger partial charge on any atom is -0.306 e. The van der Waals surface area contributed by atoms with Gasteiger partial charge in [-0.05, 0) is 0 Å². The van der Waals surface area contributed by atoms with E-state index in [4.69, 9.17) is 0 Å². The fraction of sp³-hybridized carbons (Fsp3) is 1.00. The molecule has 0 aliphatic heterocycles. The van der Waals surface area contributed by atoms with Crippen LogP contribution in [0.3, 0.4) is 0 Å².